The first-order valence-corrected chi connectivity index (χ1v) is 5.61. The fourth-order valence-electron chi connectivity index (χ4n) is 1.25. The summed E-state index contributed by atoms with van der Waals surface area (Å²) in [7, 11) is -2.49. The zero-order valence-electron chi connectivity index (χ0n) is 8.35. The lowest BCUT2D eigenvalue weighted by Crippen LogP contribution is -2.15. The molecule has 0 aliphatic heterocycles. The van der Waals surface area contributed by atoms with E-state index in [0.29, 0.717) is 17.6 Å². The zero-order chi connectivity index (χ0) is 11.6. The first kappa shape index (κ1) is 11.7. The number of ether oxygens (including phenoxy) is 1. The highest BCUT2D eigenvalue weighted by atomic mass is 32.2. The summed E-state index contributed by atoms with van der Waals surface area (Å²) < 4.78 is 27.3. The van der Waals surface area contributed by atoms with E-state index in [2.05, 4.69) is 0 Å². The Balaban J connectivity index is 3.56. The maximum atomic E-state index is 11.2. The number of benzene rings is 1. The highest BCUT2D eigenvalue weighted by molar-refractivity contribution is 7.89. The fraction of sp³-hybridized carbons (Fsp3) is 0.222. The van der Waals surface area contributed by atoms with Gasteiger partial charge in [-0.15, -0.1) is 0 Å². The Morgan fingerprint density at radius 3 is 2.40 bits per heavy atom. The molecule has 6 heteroatoms. The van der Waals surface area contributed by atoms with E-state index in [1.54, 1.807) is 6.92 Å². The lowest BCUT2D eigenvalue weighted by molar-refractivity contribution is 0.112. The van der Waals surface area contributed by atoms with Crippen LogP contribution < -0.4 is 9.88 Å². The third-order valence-electron chi connectivity index (χ3n) is 1.96. The summed E-state index contributed by atoms with van der Waals surface area (Å²) >= 11 is 0. The Morgan fingerprint density at radius 2 is 2.00 bits per heavy atom. The molecule has 0 heterocycles. The minimum absolute atomic E-state index is 0.0378. The van der Waals surface area contributed by atoms with E-state index >= 15 is 0 Å². The quantitative estimate of drug-likeness (QED) is 0.763. The van der Waals surface area contributed by atoms with Gasteiger partial charge < -0.3 is 4.74 Å². The molecule has 0 amide bonds. The van der Waals surface area contributed by atoms with Gasteiger partial charge in [0.2, 0.25) is 10.0 Å². The molecule has 0 spiro atoms. The van der Waals surface area contributed by atoms with Gasteiger partial charge in [0, 0.05) is 11.6 Å². The Hall–Kier alpha value is -1.40. The molecule has 0 aromatic heterocycles. The number of aryl methyl sites for hydroxylation is 1. The van der Waals surface area contributed by atoms with Crippen LogP contribution in [0.25, 0.3) is 0 Å². The number of rotatable bonds is 3. The molecule has 0 radical (unpaired) electrons. The van der Waals surface area contributed by atoms with Crippen molar-refractivity contribution >= 4 is 16.3 Å². The van der Waals surface area contributed by atoms with Crippen LogP contribution in [0.3, 0.4) is 0 Å². The molecular weight excluding hydrogens is 218 g/mol. The molecule has 0 unspecified atom stereocenters. The molecular formula is C9H11NO4S. The van der Waals surface area contributed by atoms with Gasteiger partial charge in [0.15, 0.2) is 6.29 Å². The van der Waals surface area contributed by atoms with Crippen molar-refractivity contribution in [1.29, 1.82) is 0 Å². The van der Waals surface area contributed by atoms with Gasteiger partial charge in [-0.1, -0.05) is 0 Å². The van der Waals surface area contributed by atoms with Crippen molar-refractivity contribution in [2.75, 3.05) is 7.11 Å². The normalized spacial score (nSPS) is 11.1. The van der Waals surface area contributed by atoms with Gasteiger partial charge in [-0.25, -0.2) is 13.6 Å². The van der Waals surface area contributed by atoms with Gasteiger partial charge in [-0.05, 0) is 18.6 Å². The average Bonchev–Trinajstić information content (AvgIpc) is 2.15. The molecule has 0 fully saturated rings. The number of carbonyl (C=O) groups excluding carboxylic acids is 1. The second-order valence-electron chi connectivity index (χ2n) is 3.02. The number of primary sulfonamides is 1. The Kier molecular flexibility index (Phi) is 3.11. The van der Waals surface area contributed by atoms with Crippen LogP contribution in [-0.4, -0.2) is 21.8 Å². The molecule has 0 saturated carbocycles. The summed E-state index contributed by atoms with van der Waals surface area (Å²) in [5.41, 5.74) is 0.711. The number of hydrogen-bond acceptors (Lipinski definition) is 4. The van der Waals surface area contributed by atoms with Gasteiger partial charge in [0.1, 0.15) is 5.75 Å². The van der Waals surface area contributed by atoms with Crippen LogP contribution in [0.2, 0.25) is 0 Å². The summed E-state index contributed by atoms with van der Waals surface area (Å²) in [5.74, 6) is 0.379. The van der Waals surface area contributed by atoms with Crippen LogP contribution in [0, 0.1) is 6.92 Å². The van der Waals surface area contributed by atoms with Crippen molar-refractivity contribution in [3.05, 3.63) is 23.3 Å². The Labute approximate surface area is 87.9 Å². The van der Waals surface area contributed by atoms with Crippen LogP contribution in [0.15, 0.2) is 17.0 Å². The molecule has 2 N–H and O–H groups in total. The SMILES string of the molecule is COc1cc(S(N)(=O)=O)c(C=O)cc1C. The van der Waals surface area contributed by atoms with E-state index < -0.39 is 10.0 Å². The van der Waals surface area contributed by atoms with Crippen LogP contribution in [0.4, 0.5) is 0 Å². The van der Waals surface area contributed by atoms with Gasteiger partial charge in [0.05, 0.1) is 12.0 Å². The first-order chi connectivity index (χ1) is 6.90. The van der Waals surface area contributed by atoms with E-state index in [9.17, 15) is 13.2 Å². The predicted octanol–water partition coefficient (Wildman–Crippen LogP) is 0.464. The number of hydrogen-bond donors (Lipinski definition) is 1. The van der Waals surface area contributed by atoms with Gasteiger partial charge >= 0.3 is 0 Å². The molecule has 1 rings (SSSR count). The van der Waals surface area contributed by atoms with E-state index in [-0.39, 0.29) is 10.5 Å². The van der Waals surface area contributed by atoms with Crippen molar-refractivity contribution in [2.24, 2.45) is 5.14 Å². The number of aldehydes is 1. The topological polar surface area (TPSA) is 86.5 Å². The molecule has 82 valence electrons. The number of carbonyl (C=O) groups is 1. The summed E-state index contributed by atoms with van der Waals surface area (Å²) in [6.07, 6.45) is 0.451. The maximum absolute atomic E-state index is 11.2. The van der Waals surface area contributed by atoms with E-state index in [1.807, 2.05) is 0 Å². The molecule has 5 nitrogen and oxygen atoms in total. The highest BCUT2D eigenvalue weighted by Gasteiger charge is 2.16. The van der Waals surface area contributed by atoms with E-state index in [4.69, 9.17) is 9.88 Å². The Bertz CT molecular complexity index is 493. The van der Waals surface area contributed by atoms with Gasteiger partial charge in [-0.3, -0.25) is 4.79 Å². The van der Waals surface area contributed by atoms with Crippen LogP contribution in [0.5, 0.6) is 5.75 Å². The molecule has 1 aromatic carbocycles. The van der Waals surface area contributed by atoms with Gasteiger partial charge in [-0.2, -0.15) is 0 Å². The number of nitrogens with two attached hydrogens (primary N) is 1. The third kappa shape index (κ3) is 2.34. The summed E-state index contributed by atoms with van der Waals surface area (Å²) in [6, 6.07) is 2.67. The largest absolute Gasteiger partial charge is 0.496 e. The molecule has 0 saturated heterocycles. The first-order valence-electron chi connectivity index (χ1n) is 4.06. The molecule has 0 bridgehead atoms. The standard InChI is InChI=1S/C9H11NO4S/c1-6-3-7(5-11)9(15(10,12)13)4-8(6)14-2/h3-5H,1-2H3,(H2,10,12,13). The second kappa shape index (κ2) is 4.00. The average molecular weight is 229 g/mol. The number of sulfonamides is 1. The van der Waals surface area contributed by atoms with Crippen molar-refractivity contribution in [3.63, 3.8) is 0 Å². The minimum atomic E-state index is -3.91. The lowest BCUT2D eigenvalue weighted by Gasteiger charge is -2.08. The smallest absolute Gasteiger partial charge is 0.238 e. The number of methoxy groups -OCH3 is 1. The van der Waals surface area contributed by atoms with Gasteiger partial charge in [0.25, 0.3) is 0 Å². The van der Waals surface area contributed by atoms with Crippen LogP contribution >= 0.6 is 0 Å². The highest BCUT2D eigenvalue weighted by Crippen LogP contribution is 2.24. The van der Waals surface area contributed by atoms with Crippen molar-refractivity contribution < 1.29 is 17.9 Å². The maximum Gasteiger partial charge on any atom is 0.238 e. The Morgan fingerprint density at radius 1 is 1.40 bits per heavy atom. The van der Waals surface area contributed by atoms with Crippen molar-refractivity contribution in [3.8, 4) is 5.75 Å². The second-order valence-corrected chi connectivity index (χ2v) is 4.55. The monoisotopic (exact) mass is 229 g/mol. The minimum Gasteiger partial charge on any atom is -0.496 e. The van der Waals surface area contributed by atoms with Crippen molar-refractivity contribution in [1.82, 2.24) is 0 Å². The van der Waals surface area contributed by atoms with Crippen molar-refractivity contribution in [2.45, 2.75) is 11.8 Å². The summed E-state index contributed by atoms with van der Waals surface area (Å²) in [5, 5.41) is 4.96. The summed E-state index contributed by atoms with van der Waals surface area (Å²) in [4.78, 5) is 10.4. The van der Waals surface area contributed by atoms with E-state index in [0.717, 1.165) is 0 Å². The lowest BCUT2D eigenvalue weighted by atomic mass is 10.1. The molecule has 15 heavy (non-hydrogen) atoms. The predicted molar refractivity (Wildman–Crippen MR) is 54.5 cm³/mol. The van der Waals surface area contributed by atoms with E-state index in [1.165, 1.54) is 19.2 Å². The summed E-state index contributed by atoms with van der Waals surface area (Å²) in [6.45, 7) is 1.71. The zero-order valence-corrected chi connectivity index (χ0v) is 9.17. The molecule has 0 atom stereocenters. The molecule has 1 aromatic rings. The molecule has 0 aliphatic rings. The van der Waals surface area contributed by atoms with Crippen LogP contribution in [0.1, 0.15) is 15.9 Å². The third-order valence-corrected chi connectivity index (χ3v) is 2.93. The fourth-order valence-corrected chi connectivity index (χ4v) is 1.96. The van der Waals surface area contributed by atoms with Crippen LogP contribution in [-0.2, 0) is 10.0 Å². The molecule has 0 aliphatic carbocycles.